The SMILES string of the molecule is Cc1cccc(-c2nc(-c3ccc(S(C)(=O)=O)cc3)sc2-c2ccnc(N[C@H](C)c3ccccc3)c2)c1. The van der Waals surface area contributed by atoms with E-state index in [0.29, 0.717) is 4.90 Å². The van der Waals surface area contributed by atoms with Crippen molar-refractivity contribution in [1.82, 2.24) is 9.97 Å². The van der Waals surface area contributed by atoms with Crippen molar-refractivity contribution in [3.8, 4) is 32.3 Å². The fourth-order valence-electron chi connectivity index (χ4n) is 4.17. The summed E-state index contributed by atoms with van der Waals surface area (Å²) in [6.07, 6.45) is 3.03. The summed E-state index contributed by atoms with van der Waals surface area (Å²) in [4.78, 5) is 10.9. The van der Waals surface area contributed by atoms with Crippen molar-refractivity contribution < 1.29 is 8.42 Å². The zero-order valence-electron chi connectivity index (χ0n) is 20.8. The summed E-state index contributed by atoms with van der Waals surface area (Å²) < 4.78 is 23.8. The molecule has 5 nitrogen and oxygen atoms in total. The lowest BCUT2D eigenvalue weighted by atomic mass is 10.1. The van der Waals surface area contributed by atoms with E-state index in [4.69, 9.17) is 4.98 Å². The molecule has 5 rings (SSSR count). The van der Waals surface area contributed by atoms with Gasteiger partial charge in [-0.2, -0.15) is 0 Å². The van der Waals surface area contributed by atoms with Crippen LogP contribution in [0.3, 0.4) is 0 Å². The molecule has 0 radical (unpaired) electrons. The summed E-state index contributed by atoms with van der Waals surface area (Å²) in [7, 11) is -3.26. The van der Waals surface area contributed by atoms with Gasteiger partial charge in [0.2, 0.25) is 0 Å². The van der Waals surface area contributed by atoms with E-state index in [9.17, 15) is 8.42 Å². The predicted molar refractivity (Wildman–Crippen MR) is 153 cm³/mol. The van der Waals surface area contributed by atoms with Gasteiger partial charge in [0.1, 0.15) is 10.8 Å². The number of nitrogens with zero attached hydrogens (tertiary/aromatic N) is 2. The number of hydrogen-bond donors (Lipinski definition) is 1. The molecule has 0 saturated carbocycles. The zero-order valence-corrected chi connectivity index (χ0v) is 22.5. The molecule has 3 aromatic carbocycles. The average Bonchev–Trinajstić information content (AvgIpc) is 3.35. The second-order valence-electron chi connectivity index (χ2n) is 9.07. The Morgan fingerprint density at radius 3 is 2.30 bits per heavy atom. The first-order valence-corrected chi connectivity index (χ1v) is 14.6. The predicted octanol–water partition coefficient (Wildman–Crippen LogP) is 7.42. The first-order chi connectivity index (χ1) is 17.8. The highest BCUT2D eigenvalue weighted by atomic mass is 32.2. The van der Waals surface area contributed by atoms with E-state index in [1.807, 2.05) is 48.7 Å². The number of thiazole rings is 1. The maximum atomic E-state index is 11.9. The van der Waals surface area contributed by atoms with Crippen LogP contribution in [0.2, 0.25) is 0 Å². The van der Waals surface area contributed by atoms with E-state index in [1.165, 1.54) is 11.8 Å². The van der Waals surface area contributed by atoms with Crippen LogP contribution in [0.15, 0.2) is 102 Å². The number of benzene rings is 3. The van der Waals surface area contributed by atoms with E-state index in [2.05, 4.69) is 60.5 Å². The lowest BCUT2D eigenvalue weighted by Gasteiger charge is -2.15. The normalized spacial score (nSPS) is 12.3. The molecular weight excluding hydrogens is 498 g/mol. The number of sulfone groups is 1. The molecule has 37 heavy (non-hydrogen) atoms. The molecule has 1 N–H and O–H groups in total. The van der Waals surface area contributed by atoms with Gasteiger partial charge in [-0.3, -0.25) is 0 Å². The minimum atomic E-state index is -3.26. The Morgan fingerprint density at radius 2 is 1.59 bits per heavy atom. The Kier molecular flexibility index (Phi) is 6.91. The van der Waals surface area contributed by atoms with Gasteiger partial charge in [-0.1, -0.05) is 66.2 Å². The van der Waals surface area contributed by atoms with E-state index >= 15 is 0 Å². The van der Waals surface area contributed by atoms with Gasteiger partial charge in [0.05, 0.1) is 15.5 Å². The van der Waals surface area contributed by atoms with Crippen LogP contribution in [0.25, 0.3) is 32.3 Å². The molecule has 0 aliphatic rings. The van der Waals surface area contributed by atoms with Crippen LogP contribution in [-0.2, 0) is 9.84 Å². The molecule has 0 spiro atoms. The van der Waals surface area contributed by atoms with Crippen LogP contribution in [0, 0.1) is 6.92 Å². The number of aryl methyl sites for hydroxylation is 1. The van der Waals surface area contributed by atoms with Crippen LogP contribution >= 0.6 is 11.3 Å². The van der Waals surface area contributed by atoms with E-state index in [1.54, 1.807) is 23.5 Å². The molecule has 7 heteroatoms. The van der Waals surface area contributed by atoms with Crippen LogP contribution in [-0.4, -0.2) is 24.6 Å². The molecule has 0 bridgehead atoms. The number of nitrogens with one attached hydrogen (secondary N) is 1. The van der Waals surface area contributed by atoms with Gasteiger partial charge in [0.15, 0.2) is 9.84 Å². The fraction of sp³-hybridized carbons (Fsp3) is 0.133. The monoisotopic (exact) mass is 525 g/mol. The van der Waals surface area contributed by atoms with Crippen molar-refractivity contribution in [3.05, 3.63) is 108 Å². The molecule has 1 atom stereocenters. The van der Waals surface area contributed by atoms with Crippen LogP contribution in [0.5, 0.6) is 0 Å². The molecular formula is C30H27N3O2S2. The summed E-state index contributed by atoms with van der Waals surface area (Å²) >= 11 is 1.59. The second-order valence-corrected chi connectivity index (χ2v) is 12.1. The minimum absolute atomic E-state index is 0.102. The Morgan fingerprint density at radius 1 is 0.838 bits per heavy atom. The van der Waals surface area contributed by atoms with Crippen molar-refractivity contribution in [2.45, 2.75) is 24.8 Å². The summed E-state index contributed by atoms with van der Waals surface area (Å²) in [5.41, 5.74) is 6.17. The van der Waals surface area contributed by atoms with E-state index < -0.39 is 9.84 Å². The van der Waals surface area contributed by atoms with Gasteiger partial charge in [-0.15, -0.1) is 11.3 Å². The molecule has 0 saturated heterocycles. The van der Waals surface area contributed by atoms with Crippen LogP contribution in [0.1, 0.15) is 24.1 Å². The van der Waals surface area contributed by atoms with Gasteiger partial charge in [-0.05, 0) is 55.3 Å². The average molecular weight is 526 g/mol. The Bertz CT molecular complexity index is 1640. The summed E-state index contributed by atoms with van der Waals surface area (Å²) in [6, 6.07) is 29.7. The molecule has 5 aromatic rings. The molecule has 0 amide bonds. The third kappa shape index (κ3) is 5.63. The molecule has 186 valence electrons. The van der Waals surface area contributed by atoms with Gasteiger partial charge >= 0.3 is 0 Å². The topological polar surface area (TPSA) is 72.0 Å². The highest BCUT2D eigenvalue weighted by Crippen LogP contribution is 2.41. The molecule has 0 fully saturated rings. The molecule has 0 aliphatic carbocycles. The van der Waals surface area contributed by atoms with Gasteiger partial charge in [0.25, 0.3) is 0 Å². The number of rotatable bonds is 7. The molecule has 0 aliphatic heterocycles. The third-order valence-corrected chi connectivity index (χ3v) is 8.42. The van der Waals surface area contributed by atoms with Gasteiger partial charge in [-0.25, -0.2) is 18.4 Å². The lowest BCUT2D eigenvalue weighted by Crippen LogP contribution is -2.07. The van der Waals surface area contributed by atoms with Crippen molar-refractivity contribution in [2.75, 3.05) is 11.6 Å². The van der Waals surface area contributed by atoms with Crippen molar-refractivity contribution in [2.24, 2.45) is 0 Å². The number of hydrogen-bond acceptors (Lipinski definition) is 6. The second kappa shape index (κ2) is 10.3. The van der Waals surface area contributed by atoms with E-state index in [0.717, 1.165) is 43.7 Å². The van der Waals surface area contributed by atoms with Crippen molar-refractivity contribution >= 4 is 27.0 Å². The Balaban J connectivity index is 1.56. The quantitative estimate of drug-likeness (QED) is 0.239. The minimum Gasteiger partial charge on any atom is -0.364 e. The smallest absolute Gasteiger partial charge is 0.175 e. The number of pyridine rings is 1. The summed E-state index contributed by atoms with van der Waals surface area (Å²) in [6.45, 7) is 4.19. The molecule has 0 unspecified atom stereocenters. The van der Waals surface area contributed by atoms with Crippen LogP contribution < -0.4 is 5.32 Å². The highest BCUT2D eigenvalue weighted by molar-refractivity contribution is 7.90. The summed E-state index contributed by atoms with van der Waals surface area (Å²) in [5.74, 6) is 0.788. The molecule has 2 aromatic heterocycles. The lowest BCUT2D eigenvalue weighted by molar-refractivity contribution is 0.602. The maximum Gasteiger partial charge on any atom is 0.175 e. The Hall–Kier alpha value is -3.81. The van der Waals surface area contributed by atoms with Gasteiger partial charge < -0.3 is 5.32 Å². The number of aromatic nitrogens is 2. The van der Waals surface area contributed by atoms with Crippen LogP contribution in [0.4, 0.5) is 5.82 Å². The third-order valence-electron chi connectivity index (χ3n) is 6.13. The zero-order chi connectivity index (χ0) is 26.0. The van der Waals surface area contributed by atoms with E-state index in [-0.39, 0.29) is 6.04 Å². The van der Waals surface area contributed by atoms with Gasteiger partial charge in [0, 0.05) is 29.6 Å². The first-order valence-electron chi connectivity index (χ1n) is 11.9. The van der Waals surface area contributed by atoms with Crippen molar-refractivity contribution in [3.63, 3.8) is 0 Å². The number of anilines is 1. The Labute approximate surface area is 221 Å². The molecule has 2 heterocycles. The van der Waals surface area contributed by atoms with Crippen molar-refractivity contribution in [1.29, 1.82) is 0 Å². The maximum absolute atomic E-state index is 11.9. The first kappa shape index (κ1) is 24.9. The standard InChI is InChI=1S/C30H27N3O2S2/c1-20-8-7-11-24(18-20)28-29(36-30(33-28)23-12-14-26(15-13-23)37(3,34)35)25-16-17-31-27(19-25)32-21(2)22-9-5-4-6-10-22/h4-19,21H,1-3H3,(H,31,32)/t21-/m1/s1. The summed E-state index contributed by atoms with van der Waals surface area (Å²) in [5, 5.41) is 4.34. The fourth-order valence-corrected chi connectivity index (χ4v) is 5.89. The highest BCUT2D eigenvalue weighted by Gasteiger charge is 2.18. The largest absolute Gasteiger partial charge is 0.364 e.